The largest absolute Gasteiger partial charge is 0.279 e. The molecule has 3 nitrogen and oxygen atoms in total. The predicted octanol–water partition coefficient (Wildman–Crippen LogP) is 4.87. The molecule has 0 atom stereocenters. The Hall–Kier alpha value is -1.81. The van der Waals surface area contributed by atoms with Gasteiger partial charge in [0.25, 0.3) is 10.0 Å². The first-order valence-corrected chi connectivity index (χ1v) is 9.54. The molecule has 0 saturated carbocycles. The van der Waals surface area contributed by atoms with Gasteiger partial charge in [0, 0.05) is 0 Å². The minimum Gasteiger partial charge on any atom is -0.279 e. The molecule has 124 valence electrons. The van der Waals surface area contributed by atoms with Crippen LogP contribution in [0.5, 0.6) is 0 Å². The summed E-state index contributed by atoms with van der Waals surface area (Å²) in [6, 6.07) is 13.0. The first kappa shape index (κ1) is 17.5. The molecule has 0 bridgehead atoms. The van der Waals surface area contributed by atoms with E-state index in [9.17, 15) is 8.42 Å². The number of rotatable bonds is 6. The number of nitrogens with one attached hydrogen (secondary N) is 1. The number of sulfonamides is 1. The molecule has 0 radical (unpaired) electrons. The second kappa shape index (κ2) is 7.18. The number of para-hydroxylation sites is 1. The van der Waals surface area contributed by atoms with Crippen LogP contribution in [0.15, 0.2) is 47.4 Å². The average Bonchev–Trinajstić information content (AvgIpc) is 2.50. The van der Waals surface area contributed by atoms with E-state index in [4.69, 9.17) is 0 Å². The molecule has 0 unspecified atom stereocenters. The molecule has 0 fully saturated rings. The fraction of sp³-hybridized carbons (Fsp3) is 0.368. The Bertz CT molecular complexity index is 762. The lowest BCUT2D eigenvalue weighted by atomic mass is 9.99. The van der Waals surface area contributed by atoms with Gasteiger partial charge in [-0.25, -0.2) is 8.42 Å². The van der Waals surface area contributed by atoms with Gasteiger partial charge in [-0.2, -0.15) is 0 Å². The molecule has 0 aliphatic rings. The molecule has 1 N–H and O–H groups in total. The summed E-state index contributed by atoms with van der Waals surface area (Å²) < 4.78 is 28.1. The van der Waals surface area contributed by atoms with Gasteiger partial charge in [0.1, 0.15) is 0 Å². The Morgan fingerprint density at radius 3 is 2.26 bits per heavy atom. The van der Waals surface area contributed by atoms with Crippen molar-refractivity contribution in [2.24, 2.45) is 0 Å². The van der Waals surface area contributed by atoms with Crippen molar-refractivity contribution >= 4 is 15.7 Å². The van der Waals surface area contributed by atoms with Crippen LogP contribution in [0.3, 0.4) is 0 Å². The molecule has 0 aliphatic heterocycles. The normalized spacial score (nSPS) is 11.7. The standard InChI is InChI=1S/C19H25NO2S/c1-5-7-16-10-12-17(13-11-16)23(21,22)20-19-15(4)8-6-9-18(19)14(2)3/h6,8-14,20H,5,7H2,1-4H3. The van der Waals surface area contributed by atoms with Gasteiger partial charge in [0.2, 0.25) is 0 Å². The van der Waals surface area contributed by atoms with Gasteiger partial charge in [0.15, 0.2) is 0 Å². The van der Waals surface area contributed by atoms with E-state index in [0.717, 1.165) is 29.5 Å². The van der Waals surface area contributed by atoms with E-state index >= 15 is 0 Å². The third-order valence-corrected chi connectivity index (χ3v) is 5.30. The van der Waals surface area contributed by atoms with Crippen molar-refractivity contribution in [1.29, 1.82) is 0 Å². The lowest BCUT2D eigenvalue weighted by Gasteiger charge is -2.17. The van der Waals surface area contributed by atoms with E-state index < -0.39 is 10.0 Å². The lowest BCUT2D eigenvalue weighted by molar-refractivity contribution is 0.601. The van der Waals surface area contributed by atoms with Crippen LogP contribution in [0.4, 0.5) is 5.69 Å². The average molecular weight is 331 g/mol. The molecular formula is C19H25NO2S. The van der Waals surface area contributed by atoms with Crippen LogP contribution >= 0.6 is 0 Å². The van der Waals surface area contributed by atoms with Crippen LogP contribution in [-0.2, 0) is 16.4 Å². The highest BCUT2D eigenvalue weighted by atomic mass is 32.2. The van der Waals surface area contributed by atoms with Crippen LogP contribution < -0.4 is 4.72 Å². The van der Waals surface area contributed by atoms with Crippen LogP contribution in [0, 0.1) is 6.92 Å². The summed E-state index contributed by atoms with van der Waals surface area (Å²) in [6.45, 7) is 8.16. The molecule has 2 rings (SSSR count). The van der Waals surface area contributed by atoms with Gasteiger partial charge in [-0.3, -0.25) is 4.72 Å². The summed E-state index contributed by atoms with van der Waals surface area (Å²) in [6.07, 6.45) is 2.01. The van der Waals surface area contributed by atoms with Crippen LogP contribution in [0.25, 0.3) is 0 Å². The molecular weight excluding hydrogens is 306 g/mol. The maximum atomic E-state index is 12.7. The highest BCUT2D eigenvalue weighted by Crippen LogP contribution is 2.29. The third-order valence-electron chi connectivity index (χ3n) is 3.94. The number of benzene rings is 2. The van der Waals surface area contributed by atoms with E-state index in [1.165, 1.54) is 0 Å². The minimum absolute atomic E-state index is 0.250. The SMILES string of the molecule is CCCc1ccc(S(=O)(=O)Nc2c(C)cccc2C(C)C)cc1. The van der Waals surface area contributed by atoms with Gasteiger partial charge < -0.3 is 0 Å². The van der Waals surface area contributed by atoms with Crippen molar-refractivity contribution in [2.45, 2.75) is 51.3 Å². The van der Waals surface area contributed by atoms with Gasteiger partial charge in [-0.15, -0.1) is 0 Å². The Kier molecular flexibility index (Phi) is 5.47. The van der Waals surface area contributed by atoms with Gasteiger partial charge in [-0.05, 0) is 48.1 Å². The summed E-state index contributed by atoms with van der Waals surface area (Å²) >= 11 is 0. The first-order valence-electron chi connectivity index (χ1n) is 8.06. The summed E-state index contributed by atoms with van der Waals surface area (Å²) in [5, 5.41) is 0. The zero-order valence-electron chi connectivity index (χ0n) is 14.3. The topological polar surface area (TPSA) is 46.2 Å². The maximum Gasteiger partial charge on any atom is 0.261 e. The minimum atomic E-state index is -3.57. The Morgan fingerprint density at radius 1 is 1.04 bits per heavy atom. The molecule has 0 aliphatic carbocycles. The molecule has 0 amide bonds. The molecule has 0 aromatic heterocycles. The Morgan fingerprint density at radius 2 is 1.70 bits per heavy atom. The smallest absolute Gasteiger partial charge is 0.261 e. The zero-order chi connectivity index (χ0) is 17.0. The summed E-state index contributed by atoms with van der Waals surface area (Å²) in [5.41, 5.74) is 3.80. The van der Waals surface area contributed by atoms with Gasteiger partial charge in [-0.1, -0.05) is 57.5 Å². The molecule has 23 heavy (non-hydrogen) atoms. The molecule has 2 aromatic rings. The predicted molar refractivity (Wildman–Crippen MR) is 96.5 cm³/mol. The van der Waals surface area contributed by atoms with Gasteiger partial charge >= 0.3 is 0 Å². The van der Waals surface area contributed by atoms with E-state index in [2.05, 4.69) is 25.5 Å². The molecule has 2 aromatic carbocycles. The van der Waals surface area contributed by atoms with Crippen LogP contribution in [-0.4, -0.2) is 8.42 Å². The van der Waals surface area contributed by atoms with Crippen molar-refractivity contribution in [3.63, 3.8) is 0 Å². The quantitative estimate of drug-likeness (QED) is 0.820. The maximum absolute atomic E-state index is 12.7. The lowest BCUT2D eigenvalue weighted by Crippen LogP contribution is -2.15. The van der Waals surface area contributed by atoms with Crippen molar-refractivity contribution in [3.05, 3.63) is 59.2 Å². The van der Waals surface area contributed by atoms with E-state index in [0.29, 0.717) is 10.6 Å². The van der Waals surface area contributed by atoms with Crippen molar-refractivity contribution in [2.75, 3.05) is 4.72 Å². The number of hydrogen-bond acceptors (Lipinski definition) is 2. The second-order valence-corrected chi connectivity index (χ2v) is 7.88. The van der Waals surface area contributed by atoms with Crippen molar-refractivity contribution in [3.8, 4) is 0 Å². The monoisotopic (exact) mass is 331 g/mol. The second-order valence-electron chi connectivity index (χ2n) is 6.19. The molecule has 0 spiro atoms. The number of aryl methyl sites for hydroxylation is 2. The van der Waals surface area contributed by atoms with Gasteiger partial charge in [0.05, 0.1) is 10.6 Å². The van der Waals surface area contributed by atoms with Crippen molar-refractivity contribution < 1.29 is 8.42 Å². The summed E-state index contributed by atoms with van der Waals surface area (Å²) in [5.74, 6) is 0.250. The fourth-order valence-electron chi connectivity index (χ4n) is 2.63. The zero-order valence-corrected chi connectivity index (χ0v) is 15.1. The van der Waals surface area contributed by atoms with Crippen LogP contribution in [0.2, 0.25) is 0 Å². The van der Waals surface area contributed by atoms with Crippen molar-refractivity contribution in [1.82, 2.24) is 0 Å². The number of hydrogen-bond donors (Lipinski definition) is 1. The highest BCUT2D eigenvalue weighted by Gasteiger charge is 2.18. The molecule has 4 heteroatoms. The fourth-order valence-corrected chi connectivity index (χ4v) is 3.79. The summed E-state index contributed by atoms with van der Waals surface area (Å²) in [7, 11) is -3.57. The molecule has 0 saturated heterocycles. The third kappa shape index (κ3) is 4.14. The first-order chi connectivity index (χ1) is 10.8. The Labute approximate surface area is 139 Å². The number of anilines is 1. The Balaban J connectivity index is 2.35. The van der Waals surface area contributed by atoms with E-state index in [1.54, 1.807) is 12.1 Å². The summed E-state index contributed by atoms with van der Waals surface area (Å²) in [4.78, 5) is 0.301. The molecule has 0 heterocycles. The van der Waals surface area contributed by atoms with E-state index in [1.807, 2.05) is 37.3 Å². The van der Waals surface area contributed by atoms with Crippen LogP contribution in [0.1, 0.15) is 49.8 Å². The van der Waals surface area contributed by atoms with E-state index in [-0.39, 0.29) is 5.92 Å². The highest BCUT2D eigenvalue weighted by molar-refractivity contribution is 7.92.